The zero-order chi connectivity index (χ0) is 18.8. The van der Waals surface area contributed by atoms with E-state index in [1.54, 1.807) is 6.07 Å². The first-order valence-corrected chi connectivity index (χ1v) is 8.38. The number of aromatic hydroxyl groups is 1. The lowest BCUT2D eigenvalue weighted by atomic mass is 9.99. The number of halogens is 1. The first-order chi connectivity index (χ1) is 12.4. The highest BCUT2D eigenvalue weighted by Crippen LogP contribution is 2.37. The summed E-state index contributed by atoms with van der Waals surface area (Å²) in [5, 5.41) is 23.5. The number of hydrogen-bond donors (Lipinski definition) is 3. The number of hydrogen-bond acceptors (Lipinski definition) is 4. The molecule has 3 N–H and O–H groups in total. The van der Waals surface area contributed by atoms with Gasteiger partial charge in [-0.3, -0.25) is 0 Å². The van der Waals surface area contributed by atoms with Gasteiger partial charge in [0.1, 0.15) is 28.5 Å². The molecule has 0 aliphatic heterocycles. The maximum absolute atomic E-state index is 13.2. The van der Waals surface area contributed by atoms with E-state index in [9.17, 15) is 19.4 Å². The quantitative estimate of drug-likeness (QED) is 0.616. The maximum atomic E-state index is 13.2. The van der Waals surface area contributed by atoms with E-state index in [0.717, 1.165) is 0 Å². The number of phenols is 1. The minimum absolute atomic E-state index is 0.00777. The largest absolute Gasteiger partial charge is 0.508 e. The zero-order valence-corrected chi connectivity index (χ0v) is 14.5. The first kappa shape index (κ1) is 17.9. The molecule has 0 saturated heterocycles. The van der Waals surface area contributed by atoms with Crippen LogP contribution in [0.25, 0.3) is 22.3 Å². The molecule has 0 radical (unpaired) electrons. The van der Waals surface area contributed by atoms with Crippen molar-refractivity contribution in [2.24, 2.45) is 0 Å². The van der Waals surface area contributed by atoms with Gasteiger partial charge in [-0.15, -0.1) is 0 Å². The van der Waals surface area contributed by atoms with Crippen LogP contribution in [-0.2, 0) is 6.42 Å². The summed E-state index contributed by atoms with van der Waals surface area (Å²) in [6.45, 7) is 4.67. The molecule has 0 aliphatic rings. The minimum Gasteiger partial charge on any atom is -0.508 e. The molecule has 26 heavy (non-hydrogen) atoms. The number of rotatable bonds is 6. The van der Waals surface area contributed by atoms with E-state index in [1.807, 2.05) is 13.8 Å². The van der Waals surface area contributed by atoms with Crippen molar-refractivity contribution in [2.45, 2.75) is 26.3 Å². The monoisotopic (exact) mass is 357 g/mol. The van der Waals surface area contributed by atoms with Crippen molar-refractivity contribution in [3.8, 4) is 17.1 Å². The topological polar surface area (TPSA) is 82.7 Å². The fourth-order valence-electron chi connectivity index (χ4n) is 3.00. The summed E-state index contributed by atoms with van der Waals surface area (Å²) in [6.07, 6.45) is 0.533. The molecule has 3 aromatic rings. The molecular formula is C20H20FNO4. The van der Waals surface area contributed by atoms with Crippen molar-refractivity contribution < 1.29 is 23.8 Å². The van der Waals surface area contributed by atoms with Crippen molar-refractivity contribution in [1.29, 1.82) is 0 Å². The number of furan rings is 1. The molecule has 1 aromatic heterocycles. The highest BCUT2D eigenvalue weighted by Gasteiger charge is 2.24. The lowest BCUT2D eigenvalue weighted by Gasteiger charge is -2.09. The van der Waals surface area contributed by atoms with E-state index < -0.39 is 11.8 Å². The molecule has 0 amide bonds. The van der Waals surface area contributed by atoms with Crippen LogP contribution in [0.4, 0.5) is 4.39 Å². The standard InChI is InChI=1S/C20H20FNO4/c1-11(2)22-8-7-13-9-15(23)10-16-17(13)18(20(24)25)19(26-16)12-3-5-14(21)6-4-12/h3-6,9-11,22-23H,7-8H2,1-2H3,(H,24,25). The Hall–Kier alpha value is -2.86. The molecule has 0 saturated carbocycles. The molecule has 5 nitrogen and oxygen atoms in total. The van der Waals surface area contributed by atoms with Crippen LogP contribution in [-0.4, -0.2) is 28.8 Å². The third kappa shape index (κ3) is 3.55. The second kappa shape index (κ2) is 7.17. The summed E-state index contributed by atoms with van der Waals surface area (Å²) in [5.41, 5.74) is 1.46. The lowest BCUT2D eigenvalue weighted by molar-refractivity contribution is 0.0699. The van der Waals surface area contributed by atoms with Gasteiger partial charge in [0, 0.05) is 23.1 Å². The summed E-state index contributed by atoms with van der Waals surface area (Å²) in [6, 6.07) is 8.69. The molecule has 0 unspecified atom stereocenters. The number of carboxylic acids is 1. The molecule has 0 spiro atoms. The Morgan fingerprint density at radius 3 is 2.54 bits per heavy atom. The van der Waals surface area contributed by atoms with Crippen molar-refractivity contribution in [3.05, 3.63) is 53.3 Å². The fraction of sp³-hybridized carbons (Fsp3) is 0.250. The summed E-state index contributed by atoms with van der Waals surface area (Å²) in [7, 11) is 0. The van der Waals surface area contributed by atoms with Gasteiger partial charge in [-0.05, 0) is 48.9 Å². The predicted octanol–water partition coefficient (Wildman–Crippen LogP) is 4.18. The maximum Gasteiger partial charge on any atom is 0.340 e. The van der Waals surface area contributed by atoms with E-state index in [0.29, 0.717) is 41.1 Å². The molecule has 136 valence electrons. The van der Waals surface area contributed by atoms with Crippen LogP contribution in [0.3, 0.4) is 0 Å². The summed E-state index contributed by atoms with van der Waals surface area (Å²) in [4.78, 5) is 11.9. The van der Waals surface area contributed by atoms with Crippen molar-refractivity contribution in [2.75, 3.05) is 6.54 Å². The smallest absolute Gasteiger partial charge is 0.340 e. The average Bonchev–Trinajstić information content (AvgIpc) is 2.94. The third-order valence-electron chi connectivity index (χ3n) is 4.12. The fourth-order valence-corrected chi connectivity index (χ4v) is 3.00. The molecule has 2 aromatic carbocycles. The molecular weight excluding hydrogens is 337 g/mol. The highest BCUT2D eigenvalue weighted by molar-refractivity contribution is 6.09. The van der Waals surface area contributed by atoms with Crippen LogP contribution in [0.2, 0.25) is 0 Å². The van der Waals surface area contributed by atoms with Crippen LogP contribution in [0.15, 0.2) is 40.8 Å². The van der Waals surface area contributed by atoms with Crippen LogP contribution < -0.4 is 5.32 Å². The molecule has 0 fully saturated rings. The van der Waals surface area contributed by atoms with Crippen LogP contribution in [0.1, 0.15) is 29.8 Å². The average molecular weight is 357 g/mol. The molecule has 0 aliphatic carbocycles. The Labute approximate surface area is 150 Å². The summed E-state index contributed by atoms with van der Waals surface area (Å²) >= 11 is 0. The molecule has 6 heteroatoms. The second-order valence-corrected chi connectivity index (χ2v) is 6.46. The van der Waals surface area contributed by atoms with Crippen molar-refractivity contribution in [3.63, 3.8) is 0 Å². The van der Waals surface area contributed by atoms with E-state index in [2.05, 4.69) is 5.32 Å². The molecule has 0 bridgehead atoms. The SMILES string of the molecule is CC(C)NCCc1cc(O)cc2oc(-c3ccc(F)cc3)c(C(=O)O)c12. The Morgan fingerprint density at radius 2 is 1.92 bits per heavy atom. The predicted molar refractivity (Wildman–Crippen MR) is 97.1 cm³/mol. The number of aromatic carboxylic acids is 1. The van der Waals surface area contributed by atoms with Gasteiger partial charge in [0.05, 0.1) is 0 Å². The van der Waals surface area contributed by atoms with Gasteiger partial charge in [-0.25, -0.2) is 9.18 Å². The van der Waals surface area contributed by atoms with Gasteiger partial charge >= 0.3 is 5.97 Å². The van der Waals surface area contributed by atoms with Gasteiger partial charge in [-0.1, -0.05) is 13.8 Å². The van der Waals surface area contributed by atoms with Crippen molar-refractivity contribution in [1.82, 2.24) is 5.32 Å². The highest BCUT2D eigenvalue weighted by atomic mass is 19.1. The number of nitrogens with one attached hydrogen (secondary N) is 1. The Bertz CT molecular complexity index is 945. The van der Waals surface area contributed by atoms with E-state index >= 15 is 0 Å². The second-order valence-electron chi connectivity index (χ2n) is 6.46. The van der Waals surface area contributed by atoms with E-state index in [-0.39, 0.29) is 17.1 Å². The van der Waals surface area contributed by atoms with Crippen LogP contribution in [0.5, 0.6) is 5.75 Å². The van der Waals surface area contributed by atoms with E-state index in [1.165, 1.54) is 30.3 Å². The van der Waals surface area contributed by atoms with Gasteiger partial charge in [0.25, 0.3) is 0 Å². The van der Waals surface area contributed by atoms with Crippen LogP contribution in [0, 0.1) is 5.82 Å². The number of benzene rings is 2. The Kier molecular flexibility index (Phi) is 4.95. The number of fused-ring (bicyclic) bond motifs is 1. The van der Waals surface area contributed by atoms with Gasteiger partial charge < -0.3 is 19.9 Å². The van der Waals surface area contributed by atoms with Crippen LogP contribution >= 0.6 is 0 Å². The minimum atomic E-state index is -1.13. The van der Waals surface area contributed by atoms with Gasteiger partial charge in [0.15, 0.2) is 0 Å². The third-order valence-corrected chi connectivity index (χ3v) is 4.12. The summed E-state index contributed by atoms with van der Waals surface area (Å²) < 4.78 is 19.0. The molecule has 3 rings (SSSR count). The first-order valence-electron chi connectivity index (χ1n) is 8.38. The number of phenolic OH excluding ortho intramolecular Hbond substituents is 1. The summed E-state index contributed by atoms with van der Waals surface area (Å²) in [5.74, 6) is -1.39. The lowest BCUT2D eigenvalue weighted by Crippen LogP contribution is -2.25. The molecule has 1 heterocycles. The Morgan fingerprint density at radius 1 is 1.23 bits per heavy atom. The van der Waals surface area contributed by atoms with Crippen molar-refractivity contribution >= 4 is 16.9 Å². The zero-order valence-electron chi connectivity index (χ0n) is 14.5. The van der Waals surface area contributed by atoms with Gasteiger partial charge in [-0.2, -0.15) is 0 Å². The normalized spacial score (nSPS) is 11.4. The molecule has 0 atom stereocenters. The van der Waals surface area contributed by atoms with E-state index in [4.69, 9.17) is 4.42 Å². The van der Waals surface area contributed by atoms with Gasteiger partial charge in [0.2, 0.25) is 0 Å². The number of carboxylic acid groups (broad SMARTS) is 1. The number of carbonyl (C=O) groups is 1. The Balaban J connectivity index is 2.17.